The number of rotatable bonds is 8. The first-order chi connectivity index (χ1) is 13.5. The van der Waals surface area contributed by atoms with E-state index in [0.29, 0.717) is 39.1 Å². The Hall–Kier alpha value is -2.00. The number of thiazole rings is 1. The van der Waals surface area contributed by atoms with Gasteiger partial charge in [0.1, 0.15) is 13.2 Å². The number of aryl methyl sites for hydroxylation is 1. The predicted octanol–water partition coefficient (Wildman–Crippen LogP) is 4.77. The highest BCUT2D eigenvalue weighted by molar-refractivity contribution is 7.14. The zero-order chi connectivity index (χ0) is 20.1. The summed E-state index contributed by atoms with van der Waals surface area (Å²) in [5.41, 5.74) is 1.46. The van der Waals surface area contributed by atoms with Gasteiger partial charge in [0.2, 0.25) is 0 Å². The number of ether oxygens (including phenoxy) is 1. The smallest absolute Gasteiger partial charge is 0.254 e. The Balaban J connectivity index is 1.69. The first-order valence-electron chi connectivity index (χ1n) is 8.56. The highest BCUT2D eigenvalue weighted by atomic mass is 35.5. The van der Waals surface area contributed by atoms with Gasteiger partial charge in [0.05, 0.1) is 10.7 Å². The second kappa shape index (κ2) is 9.47. The Morgan fingerprint density at radius 3 is 2.82 bits per heavy atom. The lowest BCUT2D eigenvalue weighted by Crippen LogP contribution is -2.34. The second-order valence-electron chi connectivity index (χ2n) is 5.91. The van der Waals surface area contributed by atoms with Gasteiger partial charge in [-0.1, -0.05) is 35.3 Å². The Morgan fingerprint density at radius 2 is 2.14 bits per heavy atom. The van der Waals surface area contributed by atoms with E-state index in [0.717, 1.165) is 12.0 Å². The van der Waals surface area contributed by atoms with E-state index in [2.05, 4.69) is 15.1 Å². The third-order valence-corrected chi connectivity index (χ3v) is 5.11. The SMILES string of the molecule is CCCN(C(=O)COCc1nc(C)no1)c1nc(-c2ccc(Cl)cc2Cl)cs1. The molecular formula is C18H18Cl2N4O3S. The van der Waals surface area contributed by atoms with Crippen molar-refractivity contribution in [3.63, 3.8) is 0 Å². The molecule has 3 rings (SSSR count). The van der Waals surface area contributed by atoms with Crippen LogP contribution in [0.4, 0.5) is 5.13 Å². The number of nitrogens with zero attached hydrogens (tertiary/aromatic N) is 4. The van der Waals surface area contributed by atoms with Gasteiger partial charge in [-0.15, -0.1) is 11.3 Å². The van der Waals surface area contributed by atoms with E-state index in [-0.39, 0.29) is 19.1 Å². The van der Waals surface area contributed by atoms with Gasteiger partial charge >= 0.3 is 0 Å². The first kappa shape index (κ1) is 20.7. The van der Waals surface area contributed by atoms with Crippen LogP contribution in [-0.2, 0) is 16.1 Å². The Morgan fingerprint density at radius 1 is 1.32 bits per heavy atom. The van der Waals surface area contributed by atoms with Gasteiger partial charge in [-0.25, -0.2) is 4.98 Å². The molecule has 0 atom stereocenters. The highest BCUT2D eigenvalue weighted by Gasteiger charge is 2.20. The van der Waals surface area contributed by atoms with E-state index in [4.69, 9.17) is 32.5 Å². The number of carbonyl (C=O) groups excluding carboxylic acids is 1. The molecule has 1 aromatic carbocycles. The highest BCUT2D eigenvalue weighted by Crippen LogP contribution is 2.33. The maximum Gasteiger partial charge on any atom is 0.254 e. The summed E-state index contributed by atoms with van der Waals surface area (Å²) in [6, 6.07) is 5.23. The van der Waals surface area contributed by atoms with Crippen LogP contribution in [0, 0.1) is 6.92 Å². The van der Waals surface area contributed by atoms with Crippen LogP contribution in [0.3, 0.4) is 0 Å². The van der Waals surface area contributed by atoms with Crippen LogP contribution in [-0.4, -0.2) is 34.2 Å². The fourth-order valence-electron chi connectivity index (χ4n) is 2.46. The summed E-state index contributed by atoms with van der Waals surface area (Å²) >= 11 is 13.6. The van der Waals surface area contributed by atoms with E-state index in [1.807, 2.05) is 18.4 Å². The average molecular weight is 441 g/mol. The number of amides is 1. The Labute approximate surface area is 176 Å². The maximum atomic E-state index is 12.6. The normalized spacial score (nSPS) is 11.0. The van der Waals surface area contributed by atoms with Crippen molar-refractivity contribution in [2.24, 2.45) is 0 Å². The minimum Gasteiger partial charge on any atom is -0.362 e. The number of anilines is 1. The van der Waals surface area contributed by atoms with E-state index in [9.17, 15) is 4.79 Å². The van der Waals surface area contributed by atoms with Crippen LogP contribution in [0.25, 0.3) is 11.3 Å². The molecule has 2 aromatic heterocycles. The number of hydrogen-bond acceptors (Lipinski definition) is 7. The van der Waals surface area contributed by atoms with Crippen molar-refractivity contribution in [3.8, 4) is 11.3 Å². The van der Waals surface area contributed by atoms with Crippen molar-refractivity contribution in [2.75, 3.05) is 18.1 Å². The zero-order valence-corrected chi connectivity index (χ0v) is 17.6. The molecule has 28 heavy (non-hydrogen) atoms. The van der Waals surface area contributed by atoms with E-state index >= 15 is 0 Å². The van der Waals surface area contributed by atoms with Crippen LogP contribution in [0.15, 0.2) is 28.1 Å². The lowest BCUT2D eigenvalue weighted by Gasteiger charge is -2.18. The number of aromatic nitrogens is 3. The molecule has 3 aromatic rings. The molecule has 148 valence electrons. The van der Waals surface area contributed by atoms with Crippen LogP contribution in [0.1, 0.15) is 25.1 Å². The van der Waals surface area contributed by atoms with Gasteiger partial charge in [-0.05, 0) is 31.5 Å². The molecule has 0 spiro atoms. The maximum absolute atomic E-state index is 12.6. The monoisotopic (exact) mass is 440 g/mol. The summed E-state index contributed by atoms with van der Waals surface area (Å²) < 4.78 is 10.4. The van der Waals surface area contributed by atoms with Crippen LogP contribution >= 0.6 is 34.5 Å². The van der Waals surface area contributed by atoms with Crippen molar-refractivity contribution >= 4 is 45.6 Å². The molecule has 0 fully saturated rings. The number of carbonyl (C=O) groups is 1. The first-order valence-corrected chi connectivity index (χ1v) is 10.2. The molecule has 0 aliphatic heterocycles. The quantitative estimate of drug-likeness (QED) is 0.501. The van der Waals surface area contributed by atoms with Crippen molar-refractivity contribution in [2.45, 2.75) is 26.9 Å². The molecule has 0 aliphatic rings. The summed E-state index contributed by atoms with van der Waals surface area (Å²) in [5, 5.41) is 7.20. The lowest BCUT2D eigenvalue weighted by molar-refractivity contribution is -0.123. The molecule has 0 unspecified atom stereocenters. The molecule has 0 saturated carbocycles. The number of benzene rings is 1. The van der Waals surface area contributed by atoms with Gasteiger partial charge in [0.25, 0.3) is 11.8 Å². The van der Waals surface area contributed by atoms with Crippen molar-refractivity contribution in [1.29, 1.82) is 0 Å². The molecule has 7 nitrogen and oxygen atoms in total. The van der Waals surface area contributed by atoms with Crippen molar-refractivity contribution in [1.82, 2.24) is 15.1 Å². The van der Waals surface area contributed by atoms with Gasteiger partial charge < -0.3 is 9.26 Å². The van der Waals surface area contributed by atoms with E-state index < -0.39 is 0 Å². The average Bonchev–Trinajstić information content (AvgIpc) is 3.29. The van der Waals surface area contributed by atoms with E-state index in [1.54, 1.807) is 24.0 Å². The minimum absolute atomic E-state index is 0.0794. The molecule has 10 heteroatoms. The molecule has 0 radical (unpaired) electrons. The largest absolute Gasteiger partial charge is 0.362 e. The standard InChI is InChI=1S/C18H18Cl2N4O3S/c1-3-6-24(17(25)9-26-8-16-21-11(2)23-27-16)18-22-15(10-28-18)13-5-4-12(19)7-14(13)20/h4-5,7,10H,3,6,8-9H2,1-2H3. The summed E-state index contributed by atoms with van der Waals surface area (Å²) in [4.78, 5) is 22.9. The zero-order valence-electron chi connectivity index (χ0n) is 15.3. The minimum atomic E-state index is -0.193. The fourth-order valence-corrected chi connectivity index (χ4v) is 3.84. The number of hydrogen-bond donors (Lipinski definition) is 0. The summed E-state index contributed by atoms with van der Waals surface area (Å²) in [6.45, 7) is 4.21. The van der Waals surface area contributed by atoms with Crippen LogP contribution < -0.4 is 4.90 Å². The van der Waals surface area contributed by atoms with Gasteiger partial charge in [-0.3, -0.25) is 9.69 Å². The van der Waals surface area contributed by atoms with Crippen LogP contribution in [0.2, 0.25) is 10.0 Å². The molecular weight excluding hydrogens is 423 g/mol. The molecule has 0 bridgehead atoms. The molecule has 0 N–H and O–H groups in total. The Kier molecular flexibility index (Phi) is 7.01. The van der Waals surface area contributed by atoms with Gasteiger partial charge in [0.15, 0.2) is 11.0 Å². The van der Waals surface area contributed by atoms with Crippen LogP contribution in [0.5, 0.6) is 0 Å². The second-order valence-corrected chi connectivity index (χ2v) is 7.59. The summed E-state index contributed by atoms with van der Waals surface area (Å²) in [6.07, 6.45) is 0.783. The lowest BCUT2D eigenvalue weighted by atomic mass is 10.2. The van der Waals surface area contributed by atoms with Gasteiger partial charge in [-0.2, -0.15) is 4.98 Å². The third-order valence-electron chi connectivity index (χ3n) is 3.70. The number of halogens is 2. The molecule has 0 aliphatic carbocycles. The molecule has 2 heterocycles. The third kappa shape index (κ3) is 5.08. The Bertz CT molecular complexity index is 960. The fraction of sp³-hybridized carbons (Fsp3) is 0.333. The van der Waals surface area contributed by atoms with Gasteiger partial charge in [0, 0.05) is 22.5 Å². The molecule has 1 amide bonds. The van der Waals surface area contributed by atoms with Crippen molar-refractivity contribution in [3.05, 3.63) is 45.3 Å². The summed E-state index contributed by atoms with van der Waals surface area (Å²) in [5.74, 6) is 0.663. The molecule has 0 saturated heterocycles. The predicted molar refractivity (Wildman–Crippen MR) is 109 cm³/mol. The topological polar surface area (TPSA) is 81.4 Å². The summed E-state index contributed by atoms with van der Waals surface area (Å²) in [7, 11) is 0. The van der Waals surface area contributed by atoms with Crippen molar-refractivity contribution < 1.29 is 14.1 Å². The van der Waals surface area contributed by atoms with E-state index in [1.165, 1.54) is 11.3 Å².